The SMILES string of the molecule is Cn1cccc1[C@@H](O)CNC(=O)c1ccco1. The van der Waals surface area contributed by atoms with Gasteiger partial charge in [0, 0.05) is 25.5 Å². The molecule has 1 atom stereocenters. The van der Waals surface area contributed by atoms with Gasteiger partial charge in [0.2, 0.25) is 0 Å². The van der Waals surface area contributed by atoms with E-state index in [9.17, 15) is 9.90 Å². The summed E-state index contributed by atoms with van der Waals surface area (Å²) in [6, 6.07) is 6.86. The third-order valence-electron chi connectivity index (χ3n) is 2.53. The second kappa shape index (κ2) is 4.88. The summed E-state index contributed by atoms with van der Waals surface area (Å²) in [4.78, 5) is 11.5. The minimum absolute atomic E-state index is 0.150. The van der Waals surface area contributed by atoms with Crippen LogP contribution in [-0.4, -0.2) is 22.1 Å². The molecule has 0 radical (unpaired) electrons. The Morgan fingerprint density at radius 2 is 2.35 bits per heavy atom. The van der Waals surface area contributed by atoms with Gasteiger partial charge in [0.1, 0.15) is 6.10 Å². The van der Waals surface area contributed by atoms with Crippen LogP contribution in [0.25, 0.3) is 0 Å². The number of hydrogen-bond acceptors (Lipinski definition) is 3. The van der Waals surface area contributed by atoms with E-state index < -0.39 is 6.10 Å². The zero-order valence-electron chi connectivity index (χ0n) is 9.46. The van der Waals surface area contributed by atoms with E-state index >= 15 is 0 Å². The number of rotatable bonds is 4. The molecule has 0 bridgehead atoms. The predicted octanol–water partition coefficient (Wildman–Crippen LogP) is 1.08. The maximum atomic E-state index is 11.5. The standard InChI is InChI=1S/C12H14N2O3/c1-14-6-2-4-9(14)10(15)8-13-12(16)11-5-3-7-17-11/h2-7,10,15H,8H2,1H3,(H,13,16)/t10-/m0/s1. The van der Waals surface area contributed by atoms with E-state index in [1.165, 1.54) is 6.26 Å². The van der Waals surface area contributed by atoms with E-state index in [-0.39, 0.29) is 18.2 Å². The molecule has 0 aliphatic rings. The molecule has 2 rings (SSSR count). The van der Waals surface area contributed by atoms with Crippen molar-refractivity contribution in [3.05, 3.63) is 48.2 Å². The molecule has 2 aromatic heterocycles. The third-order valence-corrected chi connectivity index (χ3v) is 2.53. The molecular formula is C12H14N2O3. The summed E-state index contributed by atoms with van der Waals surface area (Å²) in [7, 11) is 1.84. The van der Waals surface area contributed by atoms with Gasteiger partial charge in [-0.1, -0.05) is 0 Å². The molecule has 0 aliphatic carbocycles. The van der Waals surface area contributed by atoms with E-state index in [1.807, 2.05) is 29.9 Å². The third kappa shape index (κ3) is 2.57. The topological polar surface area (TPSA) is 67.4 Å². The molecule has 2 aromatic rings. The second-order valence-corrected chi connectivity index (χ2v) is 3.75. The van der Waals surface area contributed by atoms with Gasteiger partial charge in [-0.15, -0.1) is 0 Å². The lowest BCUT2D eigenvalue weighted by atomic mass is 10.2. The van der Waals surface area contributed by atoms with E-state index in [2.05, 4.69) is 5.32 Å². The maximum Gasteiger partial charge on any atom is 0.287 e. The fraction of sp³-hybridized carbons (Fsp3) is 0.250. The Balaban J connectivity index is 1.91. The second-order valence-electron chi connectivity index (χ2n) is 3.75. The molecule has 1 amide bonds. The first kappa shape index (κ1) is 11.5. The van der Waals surface area contributed by atoms with Gasteiger partial charge in [-0.3, -0.25) is 4.79 Å². The first-order chi connectivity index (χ1) is 8.18. The van der Waals surface area contributed by atoms with Crippen LogP contribution in [0.3, 0.4) is 0 Å². The fourth-order valence-corrected chi connectivity index (χ4v) is 1.61. The number of aliphatic hydroxyl groups is 1. The monoisotopic (exact) mass is 234 g/mol. The molecule has 0 fully saturated rings. The average molecular weight is 234 g/mol. The molecule has 0 unspecified atom stereocenters. The summed E-state index contributed by atoms with van der Waals surface area (Å²) in [6.45, 7) is 0.150. The van der Waals surface area contributed by atoms with E-state index in [0.717, 1.165) is 5.69 Å². The average Bonchev–Trinajstić information content (AvgIpc) is 2.95. The summed E-state index contributed by atoms with van der Waals surface area (Å²) in [5.74, 6) is -0.0904. The van der Waals surface area contributed by atoms with Gasteiger partial charge in [-0.2, -0.15) is 0 Å². The van der Waals surface area contributed by atoms with Crippen molar-refractivity contribution in [1.29, 1.82) is 0 Å². The molecule has 5 nitrogen and oxygen atoms in total. The number of hydrogen-bond donors (Lipinski definition) is 2. The van der Waals surface area contributed by atoms with Crippen LogP contribution in [0.1, 0.15) is 22.4 Å². The zero-order valence-corrected chi connectivity index (χ0v) is 9.46. The number of nitrogens with zero attached hydrogens (tertiary/aromatic N) is 1. The number of aliphatic hydroxyl groups excluding tert-OH is 1. The molecule has 2 N–H and O–H groups in total. The zero-order chi connectivity index (χ0) is 12.3. The molecule has 0 spiro atoms. The van der Waals surface area contributed by atoms with Crippen molar-refractivity contribution in [2.75, 3.05) is 6.54 Å². The fourth-order valence-electron chi connectivity index (χ4n) is 1.61. The number of furan rings is 1. The number of aryl methyl sites for hydroxylation is 1. The molecule has 90 valence electrons. The highest BCUT2D eigenvalue weighted by Gasteiger charge is 2.13. The lowest BCUT2D eigenvalue weighted by molar-refractivity contribution is 0.0885. The van der Waals surface area contributed by atoms with Crippen molar-refractivity contribution in [3.8, 4) is 0 Å². The van der Waals surface area contributed by atoms with Gasteiger partial charge < -0.3 is 19.4 Å². The lowest BCUT2D eigenvalue weighted by Gasteiger charge is -2.12. The largest absolute Gasteiger partial charge is 0.459 e. The van der Waals surface area contributed by atoms with Crippen LogP contribution >= 0.6 is 0 Å². The van der Waals surface area contributed by atoms with Crippen LogP contribution in [0, 0.1) is 0 Å². The normalized spacial score (nSPS) is 12.4. The lowest BCUT2D eigenvalue weighted by Crippen LogP contribution is -2.28. The molecule has 17 heavy (non-hydrogen) atoms. The van der Waals surface area contributed by atoms with Crippen LogP contribution in [-0.2, 0) is 7.05 Å². The Labute approximate surface area is 98.7 Å². The molecule has 2 heterocycles. The van der Waals surface area contributed by atoms with Crippen LogP contribution in [0.5, 0.6) is 0 Å². The number of amides is 1. The molecule has 0 aromatic carbocycles. The van der Waals surface area contributed by atoms with Gasteiger partial charge in [-0.25, -0.2) is 0 Å². The van der Waals surface area contributed by atoms with Crippen LogP contribution in [0.4, 0.5) is 0 Å². The van der Waals surface area contributed by atoms with E-state index in [0.29, 0.717) is 0 Å². The molecule has 0 saturated carbocycles. The Morgan fingerprint density at radius 1 is 1.53 bits per heavy atom. The molecule has 5 heteroatoms. The van der Waals surface area contributed by atoms with E-state index in [4.69, 9.17) is 4.42 Å². The molecular weight excluding hydrogens is 220 g/mol. The molecule has 0 saturated heterocycles. The van der Waals surface area contributed by atoms with Crippen molar-refractivity contribution in [2.24, 2.45) is 7.05 Å². The number of aromatic nitrogens is 1. The summed E-state index contributed by atoms with van der Waals surface area (Å²) >= 11 is 0. The van der Waals surface area contributed by atoms with Crippen LogP contribution in [0.15, 0.2) is 41.1 Å². The van der Waals surface area contributed by atoms with Crippen molar-refractivity contribution in [1.82, 2.24) is 9.88 Å². The van der Waals surface area contributed by atoms with Crippen molar-refractivity contribution in [3.63, 3.8) is 0 Å². The van der Waals surface area contributed by atoms with Crippen molar-refractivity contribution in [2.45, 2.75) is 6.10 Å². The molecule has 0 aliphatic heterocycles. The van der Waals surface area contributed by atoms with Crippen LogP contribution < -0.4 is 5.32 Å². The highest BCUT2D eigenvalue weighted by Crippen LogP contribution is 2.11. The maximum absolute atomic E-state index is 11.5. The number of nitrogens with one attached hydrogen (secondary N) is 1. The number of carbonyl (C=O) groups excluding carboxylic acids is 1. The summed E-state index contributed by atoms with van der Waals surface area (Å²) in [6.07, 6.45) is 2.55. The summed E-state index contributed by atoms with van der Waals surface area (Å²) < 4.78 is 6.75. The Morgan fingerprint density at radius 3 is 2.94 bits per heavy atom. The van der Waals surface area contributed by atoms with Gasteiger partial charge in [0.15, 0.2) is 5.76 Å². The van der Waals surface area contributed by atoms with Gasteiger partial charge in [0.25, 0.3) is 5.91 Å². The first-order valence-corrected chi connectivity index (χ1v) is 5.29. The van der Waals surface area contributed by atoms with Crippen LogP contribution in [0.2, 0.25) is 0 Å². The minimum Gasteiger partial charge on any atom is -0.459 e. The van der Waals surface area contributed by atoms with Crippen molar-refractivity contribution >= 4 is 5.91 Å². The Kier molecular flexibility index (Phi) is 3.30. The predicted molar refractivity (Wildman–Crippen MR) is 61.4 cm³/mol. The summed E-state index contributed by atoms with van der Waals surface area (Å²) in [5.41, 5.74) is 0.754. The van der Waals surface area contributed by atoms with Crippen molar-refractivity contribution < 1.29 is 14.3 Å². The summed E-state index contributed by atoms with van der Waals surface area (Å²) in [5, 5.41) is 12.5. The first-order valence-electron chi connectivity index (χ1n) is 5.29. The van der Waals surface area contributed by atoms with Gasteiger partial charge in [-0.05, 0) is 24.3 Å². The van der Waals surface area contributed by atoms with E-state index in [1.54, 1.807) is 12.1 Å². The minimum atomic E-state index is -0.728. The Bertz CT molecular complexity index is 488. The Hall–Kier alpha value is -2.01. The number of carbonyl (C=O) groups is 1. The van der Waals surface area contributed by atoms with Gasteiger partial charge in [0.05, 0.1) is 6.26 Å². The highest BCUT2D eigenvalue weighted by molar-refractivity contribution is 5.91. The quantitative estimate of drug-likeness (QED) is 0.831. The highest BCUT2D eigenvalue weighted by atomic mass is 16.3. The van der Waals surface area contributed by atoms with Gasteiger partial charge >= 0.3 is 0 Å². The smallest absolute Gasteiger partial charge is 0.287 e.